The molecule has 4 N–H and O–H groups in total. The molecule has 0 fully saturated rings. The first-order valence-electron chi connectivity index (χ1n) is 12.0. The molecule has 1 aliphatic carbocycles. The molecule has 10 nitrogen and oxygen atoms in total. The summed E-state index contributed by atoms with van der Waals surface area (Å²) >= 11 is 0. The summed E-state index contributed by atoms with van der Waals surface area (Å²) < 4.78 is 1.49. The summed E-state index contributed by atoms with van der Waals surface area (Å²) in [7, 11) is 3.93. The molecule has 1 aliphatic rings. The molecule has 2 aromatic carbocycles. The van der Waals surface area contributed by atoms with E-state index in [1.165, 1.54) is 10.2 Å². The average molecular weight is 484 g/mol. The first-order chi connectivity index (χ1) is 17.5. The SMILES string of the molecule is CN(C)CCNC(=O)c1ccc(Nc2nc(N)n(-c3cc4c(nn3)-c3ccccc3CCC4)n2)cc1. The van der Waals surface area contributed by atoms with Crippen molar-refractivity contribution in [2.45, 2.75) is 19.3 Å². The van der Waals surface area contributed by atoms with Gasteiger partial charge in [0.1, 0.15) is 0 Å². The van der Waals surface area contributed by atoms with E-state index in [-0.39, 0.29) is 11.9 Å². The van der Waals surface area contributed by atoms with E-state index in [9.17, 15) is 4.79 Å². The molecule has 2 heterocycles. The predicted molar refractivity (Wildman–Crippen MR) is 139 cm³/mol. The Bertz CT molecular complexity index is 1380. The van der Waals surface area contributed by atoms with Crippen molar-refractivity contribution in [2.75, 3.05) is 38.2 Å². The fourth-order valence-electron chi connectivity index (χ4n) is 4.25. The highest BCUT2D eigenvalue weighted by Gasteiger charge is 2.19. The van der Waals surface area contributed by atoms with Gasteiger partial charge in [0.15, 0.2) is 5.82 Å². The number of anilines is 3. The van der Waals surface area contributed by atoms with E-state index in [4.69, 9.17) is 5.73 Å². The fourth-order valence-corrected chi connectivity index (χ4v) is 4.25. The predicted octanol–water partition coefficient (Wildman–Crippen LogP) is 2.83. The number of aromatic nitrogens is 5. The van der Waals surface area contributed by atoms with Crippen LogP contribution in [0, 0.1) is 0 Å². The summed E-state index contributed by atoms with van der Waals surface area (Å²) in [6.07, 6.45) is 2.96. The fraction of sp³-hybridized carbons (Fsp3) is 0.269. The number of nitrogens with zero attached hydrogens (tertiary/aromatic N) is 6. The number of nitrogens with two attached hydrogens (primary N) is 1. The van der Waals surface area contributed by atoms with E-state index in [0.717, 1.165) is 48.3 Å². The Balaban J connectivity index is 1.31. The van der Waals surface area contributed by atoms with Crippen LogP contribution >= 0.6 is 0 Å². The van der Waals surface area contributed by atoms with Crippen molar-refractivity contribution in [1.82, 2.24) is 35.2 Å². The number of hydrogen-bond donors (Lipinski definition) is 3. The van der Waals surface area contributed by atoms with Crippen LogP contribution in [-0.2, 0) is 12.8 Å². The highest BCUT2D eigenvalue weighted by atomic mass is 16.1. The molecule has 0 radical (unpaired) electrons. The van der Waals surface area contributed by atoms with E-state index in [1.807, 2.05) is 31.1 Å². The molecule has 0 saturated carbocycles. The minimum absolute atomic E-state index is 0.112. The maximum atomic E-state index is 12.3. The van der Waals surface area contributed by atoms with E-state index >= 15 is 0 Å². The first-order valence-corrected chi connectivity index (χ1v) is 12.0. The highest BCUT2D eigenvalue weighted by Crippen LogP contribution is 2.31. The topological polar surface area (TPSA) is 127 Å². The molecule has 0 aliphatic heterocycles. The summed E-state index contributed by atoms with van der Waals surface area (Å²) in [6.45, 7) is 1.37. The van der Waals surface area contributed by atoms with Crippen LogP contribution in [0.5, 0.6) is 0 Å². The van der Waals surface area contributed by atoms with Gasteiger partial charge < -0.3 is 21.3 Å². The van der Waals surface area contributed by atoms with E-state index in [2.05, 4.69) is 49.1 Å². The lowest BCUT2D eigenvalue weighted by Crippen LogP contribution is -2.31. The normalized spacial score (nSPS) is 12.5. The first kappa shape index (κ1) is 23.4. The Kier molecular flexibility index (Phi) is 6.59. The Hall–Kier alpha value is -4.31. The molecule has 0 saturated heterocycles. The van der Waals surface area contributed by atoms with Crippen LogP contribution in [0.25, 0.3) is 17.1 Å². The van der Waals surface area contributed by atoms with Gasteiger partial charge in [-0.3, -0.25) is 4.79 Å². The molecule has 0 spiro atoms. The van der Waals surface area contributed by atoms with Crippen LogP contribution < -0.4 is 16.4 Å². The molecule has 0 atom stereocenters. The van der Waals surface area contributed by atoms with Crippen molar-refractivity contribution in [3.63, 3.8) is 0 Å². The molecule has 36 heavy (non-hydrogen) atoms. The molecular formula is C26H29N9O. The maximum absolute atomic E-state index is 12.3. The van der Waals surface area contributed by atoms with Gasteiger partial charge in [0.2, 0.25) is 11.9 Å². The van der Waals surface area contributed by atoms with Gasteiger partial charge in [-0.1, -0.05) is 24.3 Å². The standard InChI is InChI=1S/C26H29N9O/c1-34(2)15-14-28-24(36)18-10-12-20(13-11-18)29-26-30-25(27)35(33-26)22-16-19-8-5-7-17-6-3-4-9-21(17)23(19)32-31-22/h3-4,6,9-13,16H,5,7-8,14-15H2,1-2H3,(H,28,36)(H3,27,29,30,33). The zero-order valence-electron chi connectivity index (χ0n) is 20.4. The third kappa shape index (κ3) is 5.03. The lowest BCUT2D eigenvalue weighted by atomic mass is 10.0. The van der Waals surface area contributed by atoms with E-state index in [1.54, 1.807) is 24.3 Å². The number of rotatable bonds is 7. The lowest BCUT2D eigenvalue weighted by Gasteiger charge is -2.10. The van der Waals surface area contributed by atoms with Gasteiger partial charge in [0, 0.05) is 29.9 Å². The number of aryl methyl sites for hydroxylation is 2. The molecule has 4 aromatic rings. The number of carbonyl (C=O) groups is 1. The summed E-state index contributed by atoms with van der Waals surface area (Å²) in [5.74, 6) is 0.950. The summed E-state index contributed by atoms with van der Waals surface area (Å²) in [6, 6.07) is 17.4. The highest BCUT2D eigenvalue weighted by molar-refractivity contribution is 5.94. The van der Waals surface area contributed by atoms with Crippen LogP contribution in [0.2, 0.25) is 0 Å². The van der Waals surface area contributed by atoms with Crippen LogP contribution in [0.3, 0.4) is 0 Å². The van der Waals surface area contributed by atoms with Crippen molar-refractivity contribution in [3.05, 3.63) is 71.3 Å². The summed E-state index contributed by atoms with van der Waals surface area (Å²) in [5.41, 5.74) is 11.9. The van der Waals surface area contributed by atoms with Crippen molar-refractivity contribution in [2.24, 2.45) is 0 Å². The second-order valence-electron chi connectivity index (χ2n) is 9.05. The van der Waals surface area contributed by atoms with Crippen molar-refractivity contribution >= 4 is 23.5 Å². The maximum Gasteiger partial charge on any atom is 0.251 e. The van der Waals surface area contributed by atoms with Gasteiger partial charge in [-0.05, 0) is 74.8 Å². The number of hydrogen-bond acceptors (Lipinski definition) is 8. The molecule has 2 aromatic heterocycles. The lowest BCUT2D eigenvalue weighted by molar-refractivity contribution is 0.0951. The van der Waals surface area contributed by atoms with Gasteiger partial charge >= 0.3 is 0 Å². The Labute approximate surface area is 209 Å². The Morgan fingerprint density at radius 1 is 1.06 bits per heavy atom. The van der Waals surface area contributed by atoms with Gasteiger partial charge in [-0.25, -0.2) is 0 Å². The third-order valence-corrected chi connectivity index (χ3v) is 6.12. The van der Waals surface area contributed by atoms with Crippen LogP contribution in [-0.4, -0.2) is 63.0 Å². The largest absolute Gasteiger partial charge is 0.368 e. The van der Waals surface area contributed by atoms with Crippen molar-refractivity contribution in [1.29, 1.82) is 0 Å². The van der Waals surface area contributed by atoms with Crippen LogP contribution in [0.4, 0.5) is 17.6 Å². The summed E-state index contributed by atoms with van der Waals surface area (Å²) in [5, 5.41) is 19.5. The summed E-state index contributed by atoms with van der Waals surface area (Å²) in [4.78, 5) is 18.6. The quantitative estimate of drug-likeness (QED) is 0.366. The number of fused-ring (bicyclic) bond motifs is 3. The average Bonchev–Trinajstić information content (AvgIpc) is 3.13. The van der Waals surface area contributed by atoms with Gasteiger partial charge in [0.25, 0.3) is 5.91 Å². The number of nitrogen functional groups attached to an aromatic ring is 1. The molecule has 10 heteroatoms. The van der Waals surface area contributed by atoms with E-state index < -0.39 is 0 Å². The number of benzene rings is 2. The minimum atomic E-state index is -0.112. The van der Waals surface area contributed by atoms with Gasteiger partial charge in [-0.2, -0.15) is 9.67 Å². The smallest absolute Gasteiger partial charge is 0.251 e. The molecule has 0 unspecified atom stereocenters. The second-order valence-corrected chi connectivity index (χ2v) is 9.05. The number of amides is 1. The zero-order chi connectivity index (χ0) is 25.1. The van der Waals surface area contributed by atoms with Crippen molar-refractivity contribution < 1.29 is 4.79 Å². The molecule has 184 valence electrons. The zero-order valence-corrected chi connectivity index (χ0v) is 20.4. The second kappa shape index (κ2) is 10.1. The minimum Gasteiger partial charge on any atom is -0.368 e. The van der Waals surface area contributed by atoms with Gasteiger partial charge in [0.05, 0.1) is 5.69 Å². The third-order valence-electron chi connectivity index (χ3n) is 6.12. The Morgan fingerprint density at radius 2 is 1.83 bits per heavy atom. The Morgan fingerprint density at radius 3 is 2.64 bits per heavy atom. The molecule has 0 bridgehead atoms. The van der Waals surface area contributed by atoms with Gasteiger partial charge in [-0.15, -0.1) is 15.3 Å². The molecule has 5 rings (SSSR count). The van der Waals surface area contributed by atoms with Crippen LogP contribution in [0.1, 0.15) is 27.9 Å². The molecule has 1 amide bonds. The van der Waals surface area contributed by atoms with Crippen molar-refractivity contribution in [3.8, 4) is 17.1 Å². The van der Waals surface area contributed by atoms with Crippen LogP contribution in [0.15, 0.2) is 54.6 Å². The number of likely N-dealkylation sites (N-methyl/N-ethyl adjacent to an activating group) is 1. The monoisotopic (exact) mass is 483 g/mol. The number of nitrogens with one attached hydrogen (secondary N) is 2. The van der Waals surface area contributed by atoms with E-state index in [0.29, 0.717) is 23.9 Å². The number of carbonyl (C=O) groups excluding carboxylic acids is 1. The molecular weight excluding hydrogens is 454 g/mol.